The van der Waals surface area contributed by atoms with Crippen LogP contribution in [-0.2, 0) is 61.8 Å². The van der Waals surface area contributed by atoms with Gasteiger partial charge in [-0.3, -0.25) is 9.59 Å². The molecular weight excluding hydrogens is 772 g/mol. The SMILES string of the molecule is CC(C)=O.CNC(=O)NC.CNC(=O)OC.CNC(=O)OC.CNC(C)=O.CNC(C)=O.COC(=O)OC.COCCCOC(=O)OC.COCCOC(=O)OC. The average molecular weight is 843 g/mol. The lowest BCUT2D eigenvalue weighted by Crippen LogP contribution is -2.28. The van der Waals surface area contributed by atoms with Crippen LogP contribution in [0.1, 0.15) is 34.1 Å². The molecule has 0 aliphatic carbocycles. The third-order valence-corrected chi connectivity index (χ3v) is 3.82. The maximum atomic E-state index is 10.3. The highest BCUT2D eigenvalue weighted by Gasteiger charge is 1.98. The van der Waals surface area contributed by atoms with Crippen molar-refractivity contribution >= 4 is 54.3 Å². The number of hydrogen-bond acceptors (Lipinski definition) is 19. The summed E-state index contributed by atoms with van der Waals surface area (Å²) in [6, 6.07) is -0.157. The molecule has 0 aromatic carbocycles. The van der Waals surface area contributed by atoms with Crippen molar-refractivity contribution in [2.45, 2.75) is 34.1 Å². The lowest BCUT2D eigenvalue weighted by atomic mass is 10.5. The first-order valence-corrected chi connectivity index (χ1v) is 15.9. The van der Waals surface area contributed by atoms with E-state index in [1.807, 2.05) is 0 Å². The van der Waals surface area contributed by atoms with Crippen molar-refractivity contribution in [1.29, 1.82) is 0 Å². The molecule has 25 nitrogen and oxygen atoms in total. The van der Waals surface area contributed by atoms with Crippen molar-refractivity contribution < 1.29 is 90.5 Å². The fourth-order valence-electron chi connectivity index (χ4n) is 1.10. The molecule has 0 atom stereocenters. The second kappa shape index (κ2) is 68.2. The van der Waals surface area contributed by atoms with Crippen LogP contribution >= 0.6 is 0 Å². The molecule has 6 amide bonds. The average Bonchev–Trinajstić information content (AvgIpc) is 3.22. The highest BCUT2D eigenvalue weighted by atomic mass is 16.7. The van der Waals surface area contributed by atoms with Crippen LogP contribution in [0.3, 0.4) is 0 Å². The van der Waals surface area contributed by atoms with Gasteiger partial charge < -0.3 is 84.1 Å². The van der Waals surface area contributed by atoms with Crippen molar-refractivity contribution in [2.75, 3.05) is 126 Å². The molecule has 0 unspecified atom stereocenters. The van der Waals surface area contributed by atoms with Gasteiger partial charge in [-0.1, -0.05) is 0 Å². The minimum absolute atomic E-state index is 0.00463. The summed E-state index contributed by atoms with van der Waals surface area (Å²) >= 11 is 0. The Labute approximate surface area is 336 Å². The molecule has 25 heteroatoms. The van der Waals surface area contributed by atoms with E-state index in [2.05, 4.69) is 74.5 Å². The zero-order valence-corrected chi connectivity index (χ0v) is 36.8. The molecule has 0 saturated heterocycles. The van der Waals surface area contributed by atoms with Gasteiger partial charge in [0.25, 0.3) is 0 Å². The fraction of sp³-hybridized carbons (Fsp3) is 0.719. The molecule has 57 heavy (non-hydrogen) atoms. The number of Topliss-reactive ketones (excluding diaryl/α,β-unsaturated/α-hetero) is 1. The fourth-order valence-corrected chi connectivity index (χ4v) is 1.10. The van der Waals surface area contributed by atoms with Crippen LogP contribution in [0, 0.1) is 0 Å². The number of ketones is 1. The number of ether oxygens (including phenoxy) is 10. The van der Waals surface area contributed by atoms with Crippen LogP contribution in [0.25, 0.3) is 0 Å². The van der Waals surface area contributed by atoms with Crippen molar-refractivity contribution in [3.8, 4) is 0 Å². The number of hydrogen-bond donors (Lipinski definition) is 6. The minimum atomic E-state index is -0.674. The van der Waals surface area contributed by atoms with E-state index in [9.17, 15) is 43.2 Å². The Kier molecular flexibility index (Phi) is 86.6. The number of urea groups is 1. The molecule has 0 aromatic heterocycles. The standard InChI is InChI=1S/C6H12O4.C5H10O4.C3H8N2O.2C3H7NO2.2C3H7NO.C3H6O3.C3H6O/c1-8-4-3-5-10-6(7)9-2;1-7-3-4-9-5(6)8-2;1-4-3(6)5-2;2*1-4-3(5)6-2;2*1-3(5)4-2;1-5-3(4)6-2;1-3(2)4/h3-5H2,1-2H3;3-4H2,1-2H3;1-2H3,(H2,4,5,6);2*1-2H3,(H,4,5);2*1-2H3,(H,4,5);1-2H3;1-2H3. The summed E-state index contributed by atoms with van der Waals surface area (Å²) in [7, 11) is 20.2. The van der Waals surface area contributed by atoms with Crippen LogP contribution in [0.5, 0.6) is 0 Å². The molecule has 0 radical (unpaired) electrons. The van der Waals surface area contributed by atoms with E-state index in [0.717, 1.165) is 0 Å². The minimum Gasteiger partial charge on any atom is -0.453 e. The molecule has 0 aliphatic heterocycles. The topological polar surface area (TPSA) is 318 Å². The number of alkyl carbamates (subject to hydrolysis) is 2. The van der Waals surface area contributed by atoms with Gasteiger partial charge in [0.05, 0.1) is 55.9 Å². The number of nitrogens with one attached hydrogen (secondary N) is 6. The summed E-state index contributed by atoms with van der Waals surface area (Å²) in [5, 5.41) is 14.0. The molecule has 0 rings (SSSR count). The smallest absolute Gasteiger partial charge is 0.453 e. The second-order valence-electron chi connectivity index (χ2n) is 8.44. The lowest BCUT2D eigenvalue weighted by Gasteiger charge is -2.00. The zero-order valence-electron chi connectivity index (χ0n) is 36.8. The normalized spacial score (nSPS) is 7.54. The predicted octanol–water partition coefficient (Wildman–Crippen LogP) is 1.21. The van der Waals surface area contributed by atoms with Crippen molar-refractivity contribution in [1.82, 2.24) is 31.9 Å². The molecule has 0 bridgehead atoms. The first-order chi connectivity index (χ1) is 26.6. The van der Waals surface area contributed by atoms with Gasteiger partial charge in [-0.2, -0.15) is 0 Å². The third kappa shape index (κ3) is 137. The molecule has 6 N–H and O–H groups in total. The van der Waals surface area contributed by atoms with Gasteiger partial charge in [0.1, 0.15) is 12.4 Å². The summed E-state index contributed by atoms with van der Waals surface area (Å²) in [6.45, 7) is 7.58. The van der Waals surface area contributed by atoms with Gasteiger partial charge in [-0.05, 0) is 13.8 Å². The van der Waals surface area contributed by atoms with E-state index in [0.29, 0.717) is 26.2 Å². The lowest BCUT2D eigenvalue weighted by molar-refractivity contribution is -0.119. The Bertz CT molecular complexity index is 869. The summed E-state index contributed by atoms with van der Waals surface area (Å²) < 4.78 is 43.1. The Balaban J connectivity index is -0.0000000659. The van der Waals surface area contributed by atoms with E-state index >= 15 is 0 Å². The first kappa shape index (κ1) is 72.4. The van der Waals surface area contributed by atoms with Crippen molar-refractivity contribution in [2.24, 2.45) is 0 Å². The van der Waals surface area contributed by atoms with E-state index in [4.69, 9.17) is 4.74 Å². The highest BCUT2D eigenvalue weighted by Crippen LogP contribution is 1.86. The summed E-state index contributed by atoms with van der Waals surface area (Å²) in [4.78, 5) is 88.7. The Morgan fingerprint density at radius 1 is 0.368 bits per heavy atom. The van der Waals surface area contributed by atoms with E-state index in [1.54, 1.807) is 35.3 Å². The van der Waals surface area contributed by atoms with Gasteiger partial charge in [0.2, 0.25) is 11.8 Å². The molecular formula is C32H70N6O19. The molecule has 0 aromatic rings. The quantitative estimate of drug-likeness (QED) is 0.119. The number of carbonyl (C=O) groups excluding carboxylic acids is 9. The molecule has 342 valence electrons. The second-order valence-corrected chi connectivity index (χ2v) is 8.44. The third-order valence-electron chi connectivity index (χ3n) is 3.82. The monoisotopic (exact) mass is 842 g/mol. The highest BCUT2D eigenvalue weighted by molar-refractivity contribution is 5.73. The van der Waals surface area contributed by atoms with E-state index in [1.165, 1.54) is 91.6 Å². The summed E-state index contributed by atoms with van der Waals surface area (Å²) in [6.07, 6.45) is -2.09. The molecule has 0 aliphatic rings. The van der Waals surface area contributed by atoms with Crippen molar-refractivity contribution in [3.63, 3.8) is 0 Å². The molecule has 0 heterocycles. The largest absolute Gasteiger partial charge is 0.508 e. The zero-order chi connectivity index (χ0) is 47.0. The number of rotatable bonds is 7. The number of methoxy groups -OCH3 is 8. The Morgan fingerprint density at radius 2 is 0.649 bits per heavy atom. The van der Waals surface area contributed by atoms with Crippen LogP contribution < -0.4 is 31.9 Å². The van der Waals surface area contributed by atoms with Crippen LogP contribution in [0.2, 0.25) is 0 Å². The van der Waals surface area contributed by atoms with E-state index in [-0.39, 0.29) is 30.2 Å². The van der Waals surface area contributed by atoms with Gasteiger partial charge >= 0.3 is 36.7 Å². The molecule has 0 fully saturated rings. The van der Waals surface area contributed by atoms with Crippen LogP contribution in [0.15, 0.2) is 0 Å². The van der Waals surface area contributed by atoms with Crippen molar-refractivity contribution in [3.05, 3.63) is 0 Å². The number of carbonyl (C=O) groups is 9. The molecule has 0 saturated carbocycles. The van der Waals surface area contributed by atoms with Crippen LogP contribution in [-0.4, -0.2) is 180 Å². The van der Waals surface area contributed by atoms with Gasteiger partial charge in [0.15, 0.2) is 0 Å². The van der Waals surface area contributed by atoms with E-state index < -0.39 is 30.7 Å². The van der Waals surface area contributed by atoms with Gasteiger partial charge in [-0.25, -0.2) is 28.8 Å². The first-order valence-electron chi connectivity index (χ1n) is 15.9. The molecule has 0 spiro atoms. The Morgan fingerprint density at radius 3 is 0.789 bits per heavy atom. The van der Waals surface area contributed by atoms with Gasteiger partial charge in [-0.15, -0.1) is 0 Å². The summed E-state index contributed by atoms with van der Waals surface area (Å²) in [5.41, 5.74) is 0. The number of amides is 6. The Hall–Kier alpha value is -5.85. The van der Waals surface area contributed by atoms with Crippen LogP contribution in [0.4, 0.5) is 28.8 Å². The predicted molar refractivity (Wildman–Crippen MR) is 207 cm³/mol. The maximum absolute atomic E-state index is 10.3. The van der Waals surface area contributed by atoms with Gasteiger partial charge in [0, 0.05) is 83.4 Å². The summed E-state index contributed by atoms with van der Waals surface area (Å²) in [5.74, 6) is 0.176. The maximum Gasteiger partial charge on any atom is 0.508 e.